The number of aromatic nitrogens is 3. The van der Waals surface area contributed by atoms with Crippen molar-refractivity contribution in [3.8, 4) is 0 Å². The maximum absolute atomic E-state index is 10.1. The van der Waals surface area contributed by atoms with E-state index in [1.54, 1.807) is 10.7 Å². The zero-order valence-electron chi connectivity index (χ0n) is 12.4. The molecule has 5 nitrogen and oxygen atoms in total. The first kappa shape index (κ1) is 14.8. The molecule has 0 atom stereocenters. The largest absolute Gasteiger partial charge is 0.390 e. The second-order valence-electron chi connectivity index (χ2n) is 6.42. The zero-order valence-corrected chi connectivity index (χ0v) is 14.0. The van der Waals surface area contributed by atoms with Gasteiger partial charge in [0.05, 0.1) is 11.8 Å². The summed E-state index contributed by atoms with van der Waals surface area (Å²) in [6.07, 6.45) is 6.00. The van der Waals surface area contributed by atoms with E-state index in [9.17, 15) is 5.11 Å². The van der Waals surface area contributed by atoms with Crippen LogP contribution in [-0.2, 0) is 0 Å². The quantitative estimate of drug-likeness (QED) is 0.889. The average Bonchev–Trinajstić information content (AvgIpc) is 2.80. The molecule has 0 spiro atoms. The van der Waals surface area contributed by atoms with Gasteiger partial charge in [-0.3, -0.25) is 0 Å². The minimum absolute atomic E-state index is 0.397. The van der Waals surface area contributed by atoms with E-state index in [2.05, 4.69) is 31.3 Å². The molecule has 0 unspecified atom stereocenters. The molecule has 0 bridgehead atoms. The number of imidazole rings is 1. The standard InChI is InChI=1S/C15H21BrN4O/c1-15(2,21)10-3-5-11(6-4-10)18-13-7-8-14-17-9-12(16)20(14)19-13/h7-11,21H,3-6H2,1-2H3,(H,18,19). The molecule has 114 valence electrons. The van der Waals surface area contributed by atoms with Crippen LogP contribution in [0.2, 0.25) is 0 Å². The van der Waals surface area contributed by atoms with E-state index in [4.69, 9.17) is 0 Å². The van der Waals surface area contributed by atoms with Crippen molar-refractivity contribution >= 4 is 27.4 Å². The summed E-state index contributed by atoms with van der Waals surface area (Å²) in [5, 5.41) is 18.1. The Morgan fingerprint density at radius 3 is 2.67 bits per heavy atom. The Morgan fingerprint density at radius 2 is 2.00 bits per heavy atom. The van der Waals surface area contributed by atoms with E-state index in [0.29, 0.717) is 12.0 Å². The van der Waals surface area contributed by atoms with Crippen molar-refractivity contribution < 1.29 is 5.11 Å². The molecule has 0 saturated heterocycles. The third-order valence-electron chi connectivity index (χ3n) is 4.40. The van der Waals surface area contributed by atoms with Gasteiger partial charge >= 0.3 is 0 Å². The van der Waals surface area contributed by atoms with Gasteiger partial charge in [0.2, 0.25) is 0 Å². The monoisotopic (exact) mass is 352 g/mol. The molecular formula is C15H21BrN4O. The molecule has 1 aliphatic rings. The molecule has 6 heteroatoms. The fourth-order valence-corrected chi connectivity index (χ4v) is 3.44. The molecule has 0 aromatic carbocycles. The molecule has 1 fully saturated rings. The SMILES string of the molecule is CC(C)(O)C1CCC(Nc2ccc3ncc(Br)n3n2)CC1. The Hall–Kier alpha value is -1.14. The van der Waals surface area contributed by atoms with E-state index in [1.165, 1.54) is 0 Å². The summed E-state index contributed by atoms with van der Waals surface area (Å²) in [4.78, 5) is 4.24. The highest BCUT2D eigenvalue weighted by molar-refractivity contribution is 9.10. The summed E-state index contributed by atoms with van der Waals surface area (Å²) >= 11 is 3.44. The number of nitrogens with one attached hydrogen (secondary N) is 1. The predicted octanol–water partition coefficient (Wildman–Crippen LogP) is 3.23. The zero-order chi connectivity index (χ0) is 15.0. The van der Waals surface area contributed by atoms with Gasteiger partial charge in [0, 0.05) is 6.04 Å². The Kier molecular flexibility index (Phi) is 3.92. The van der Waals surface area contributed by atoms with E-state index in [1.807, 2.05) is 26.0 Å². The van der Waals surface area contributed by atoms with Gasteiger partial charge in [-0.15, -0.1) is 5.10 Å². The summed E-state index contributed by atoms with van der Waals surface area (Å²) in [5.41, 5.74) is 0.266. The topological polar surface area (TPSA) is 62.5 Å². The third-order valence-corrected chi connectivity index (χ3v) is 4.94. The third kappa shape index (κ3) is 3.21. The number of fused-ring (bicyclic) bond motifs is 1. The highest BCUT2D eigenvalue weighted by Gasteiger charge is 2.31. The van der Waals surface area contributed by atoms with Crippen molar-refractivity contribution in [2.45, 2.75) is 51.2 Å². The Balaban J connectivity index is 1.65. The number of anilines is 1. The van der Waals surface area contributed by atoms with Crippen LogP contribution in [-0.4, -0.2) is 31.3 Å². The van der Waals surface area contributed by atoms with E-state index in [0.717, 1.165) is 41.8 Å². The van der Waals surface area contributed by atoms with Crippen LogP contribution < -0.4 is 5.32 Å². The van der Waals surface area contributed by atoms with Crippen LogP contribution in [0.1, 0.15) is 39.5 Å². The number of nitrogens with zero attached hydrogens (tertiary/aromatic N) is 3. The van der Waals surface area contributed by atoms with Crippen molar-refractivity contribution in [1.29, 1.82) is 0 Å². The highest BCUT2D eigenvalue weighted by Crippen LogP contribution is 2.33. The molecule has 0 amide bonds. The van der Waals surface area contributed by atoms with Gasteiger partial charge in [0.25, 0.3) is 0 Å². The maximum atomic E-state index is 10.1. The molecule has 2 N–H and O–H groups in total. The van der Waals surface area contributed by atoms with Gasteiger partial charge < -0.3 is 10.4 Å². The first-order valence-corrected chi connectivity index (χ1v) is 8.22. The van der Waals surface area contributed by atoms with Crippen molar-refractivity contribution in [1.82, 2.24) is 14.6 Å². The van der Waals surface area contributed by atoms with Crippen LogP contribution in [0.15, 0.2) is 22.9 Å². The normalized spacial score (nSPS) is 23.4. The van der Waals surface area contributed by atoms with Gasteiger partial charge in [-0.1, -0.05) is 0 Å². The first-order chi connectivity index (χ1) is 9.93. The lowest BCUT2D eigenvalue weighted by Gasteiger charge is -2.36. The number of hydrogen-bond acceptors (Lipinski definition) is 4. The van der Waals surface area contributed by atoms with Gasteiger partial charge in [-0.2, -0.15) is 0 Å². The maximum Gasteiger partial charge on any atom is 0.154 e. The molecule has 0 radical (unpaired) electrons. The van der Waals surface area contributed by atoms with Crippen molar-refractivity contribution in [2.75, 3.05) is 5.32 Å². The van der Waals surface area contributed by atoms with Crippen LogP contribution in [0.4, 0.5) is 5.82 Å². The summed E-state index contributed by atoms with van der Waals surface area (Å²) in [6.45, 7) is 3.83. The van der Waals surface area contributed by atoms with Crippen molar-refractivity contribution in [3.05, 3.63) is 22.9 Å². The van der Waals surface area contributed by atoms with E-state index < -0.39 is 5.60 Å². The summed E-state index contributed by atoms with van der Waals surface area (Å²) in [5.74, 6) is 1.27. The second-order valence-corrected chi connectivity index (χ2v) is 7.23. The molecule has 2 heterocycles. The average molecular weight is 353 g/mol. The van der Waals surface area contributed by atoms with E-state index >= 15 is 0 Å². The second kappa shape index (κ2) is 5.57. The van der Waals surface area contributed by atoms with Crippen LogP contribution >= 0.6 is 15.9 Å². The number of halogens is 1. The van der Waals surface area contributed by atoms with Gasteiger partial charge in [-0.25, -0.2) is 9.50 Å². The molecule has 21 heavy (non-hydrogen) atoms. The van der Waals surface area contributed by atoms with Gasteiger partial charge in [0.1, 0.15) is 10.4 Å². The minimum Gasteiger partial charge on any atom is -0.390 e. The fraction of sp³-hybridized carbons (Fsp3) is 0.600. The molecule has 2 aromatic heterocycles. The van der Waals surface area contributed by atoms with Crippen LogP contribution in [0, 0.1) is 5.92 Å². The molecule has 2 aromatic rings. The number of hydrogen-bond donors (Lipinski definition) is 2. The van der Waals surface area contributed by atoms with Gasteiger partial charge in [-0.05, 0) is 73.5 Å². The van der Waals surface area contributed by atoms with Crippen LogP contribution in [0.25, 0.3) is 5.65 Å². The van der Waals surface area contributed by atoms with Crippen molar-refractivity contribution in [3.63, 3.8) is 0 Å². The van der Waals surface area contributed by atoms with Gasteiger partial charge in [0.15, 0.2) is 5.65 Å². The molecule has 1 saturated carbocycles. The summed E-state index contributed by atoms with van der Waals surface area (Å²) < 4.78 is 2.64. The lowest BCUT2D eigenvalue weighted by atomic mass is 9.77. The Bertz CT molecular complexity index is 626. The lowest BCUT2D eigenvalue weighted by molar-refractivity contribution is -0.000404. The number of aliphatic hydroxyl groups is 1. The van der Waals surface area contributed by atoms with E-state index in [-0.39, 0.29) is 0 Å². The van der Waals surface area contributed by atoms with Crippen LogP contribution in [0.5, 0.6) is 0 Å². The Morgan fingerprint density at radius 1 is 1.29 bits per heavy atom. The summed E-state index contributed by atoms with van der Waals surface area (Å²) in [6, 6.07) is 4.36. The predicted molar refractivity (Wildman–Crippen MR) is 86.4 cm³/mol. The highest BCUT2D eigenvalue weighted by atomic mass is 79.9. The molecule has 1 aliphatic carbocycles. The molecule has 0 aliphatic heterocycles. The lowest BCUT2D eigenvalue weighted by Crippen LogP contribution is -2.37. The Labute approximate surface area is 132 Å². The minimum atomic E-state index is -0.566. The first-order valence-electron chi connectivity index (χ1n) is 7.42. The molecule has 3 rings (SSSR count). The van der Waals surface area contributed by atoms with Crippen molar-refractivity contribution in [2.24, 2.45) is 5.92 Å². The smallest absolute Gasteiger partial charge is 0.154 e. The molecular weight excluding hydrogens is 332 g/mol. The number of rotatable bonds is 3. The fourth-order valence-electron chi connectivity index (χ4n) is 3.08. The van der Waals surface area contributed by atoms with Crippen LogP contribution in [0.3, 0.4) is 0 Å². The summed E-state index contributed by atoms with van der Waals surface area (Å²) in [7, 11) is 0.